The van der Waals surface area contributed by atoms with E-state index in [2.05, 4.69) is 32.3 Å². The van der Waals surface area contributed by atoms with Crippen LogP contribution in [0.15, 0.2) is 24.4 Å². The lowest BCUT2D eigenvalue weighted by atomic mass is 9.80. The van der Waals surface area contributed by atoms with Gasteiger partial charge < -0.3 is 10.2 Å². The Balaban J connectivity index is 1.59. The van der Waals surface area contributed by atoms with Gasteiger partial charge in [-0.15, -0.1) is 0 Å². The third-order valence-corrected chi connectivity index (χ3v) is 6.09. The number of anilines is 1. The van der Waals surface area contributed by atoms with Gasteiger partial charge in [0.25, 0.3) is 0 Å². The molecule has 0 unspecified atom stereocenters. The van der Waals surface area contributed by atoms with E-state index in [1.807, 2.05) is 19.3 Å². The Morgan fingerprint density at radius 2 is 2.00 bits per heavy atom. The maximum absolute atomic E-state index is 6.14. The molecule has 142 valence electrons. The Morgan fingerprint density at radius 3 is 2.70 bits per heavy atom. The van der Waals surface area contributed by atoms with Crippen molar-refractivity contribution in [3.8, 4) is 11.3 Å². The first-order valence-electron chi connectivity index (χ1n) is 9.05. The maximum atomic E-state index is 6.14. The van der Waals surface area contributed by atoms with Crippen molar-refractivity contribution in [3.63, 3.8) is 0 Å². The van der Waals surface area contributed by atoms with E-state index in [-0.39, 0.29) is 0 Å². The highest BCUT2D eigenvalue weighted by atomic mass is 35.5. The number of hydrogen-bond donors (Lipinski definition) is 2. The van der Waals surface area contributed by atoms with Crippen LogP contribution in [-0.2, 0) is 0 Å². The summed E-state index contributed by atoms with van der Waals surface area (Å²) in [4.78, 5) is 11.7. The van der Waals surface area contributed by atoms with Crippen molar-refractivity contribution >= 4 is 40.2 Å². The molecule has 8 heteroatoms. The van der Waals surface area contributed by atoms with Crippen molar-refractivity contribution in [2.75, 3.05) is 31.6 Å². The van der Waals surface area contributed by atoms with Gasteiger partial charge in [0.1, 0.15) is 17.0 Å². The second kappa shape index (κ2) is 7.26. The van der Waals surface area contributed by atoms with Crippen molar-refractivity contribution in [3.05, 3.63) is 34.4 Å². The highest BCUT2D eigenvalue weighted by Crippen LogP contribution is 2.33. The van der Waals surface area contributed by atoms with Gasteiger partial charge in [-0.25, -0.2) is 9.97 Å². The summed E-state index contributed by atoms with van der Waals surface area (Å²) < 4.78 is 0. The van der Waals surface area contributed by atoms with Crippen LogP contribution in [0.5, 0.6) is 0 Å². The zero-order valence-electron chi connectivity index (χ0n) is 15.4. The Morgan fingerprint density at radius 1 is 1.22 bits per heavy atom. The normalized spacial score (nSPS) is 16.8. The van der Waals surface area contributed by atoms with Crippen molar-refractivity contribution in [1.82, 2.24) is 25.5 Å². The average Bonchev–Trinajstić information content (AvgIpc) is 3.08. The molecule has 3 heterocycles. The number of nitrogens with one attached hydrogen (secondary N) is 2. The monoisotopic (exact) mass is 404 g/mol. The number of rotatable bonds is 4. The molecule has 0 saturated carbocycles. The molecule has 6 nitrogen and oxygen atoms in total. The van der Waals surface area contributed by atoms with Crippen LogP contribution in [0.2, 0.25) is 10.0 Å². The van der Waals surface area contributed by atoms with E-state index in [1.54, 1.807) is 12.1 Å². The Labute approximate surface area is 168 Å². The number of fused-ring (bicyclic) bond motifs is 1. The van der Waals surface area contributed by atoms with Crippen LogP contribution >= 0.6 is 23.2 Å². The molecule has 1 fully saturated rings. The van der Waals surface area contributed by atoms with Gasteiger partial charge >= 0.3 is 0 Å². The second-order valence-corrected chi connectivity index (χ2v) is 8.27. The third-order valence-electron chi connectivity index (χ3n) is 5.35. The summed E-state index contributed by atoms with van der Waals surface area (Å²) in [5.74, 6) is 0.887. The fourth-order valence-corrected chi connectivity index (χ4v) is 3.97. The summed E-state index contributed by atoms with van der Waals surface area (Å²) in [7, 11) is 2.01. The number of benzene rings is 1. The molecule has 27 heavy (non-hydrogen) atoms. The fourth-order valence-electron chi connectivity index (χ4n) is 3.67. The summed E-state index contributed by atoms with van der Waals surface area (Å²) >= 11 is 12.1. The Bertz CT molecular complexity index is 962. The standard InChI is InChI=1S/C19H22Cl2N6/c1-19(11-22-2)5-7-27(8-6-19)15-10-23-17-16(25-26-18(17)24-15)12-3-4-13(20)14(21)9-12/h3-4,9-10,22H,5-8,11H2,1-2H3,(H,24,25,26). The minimum Gasteiger partial charge on any atom is -0.355 e. The van der Waals surface area contributed by atoms with Crippen molar-refractivity contribution < 1.29 is 0 Å². The summed E-state index contributed by atoms with van der Waals surface area (Å²) in [5, 5.41) is 11.7. The number of H-pyrrole nitrogens is 1. The number of nitrogens with zero attached hydrogens (tertiary/aromatic N) is 4. The first-order chi connectivity index (χ1) is 13.0. The molecule has 0 atom stereocenters. The first-order valence-corrected chi connectivity index (χ1v) is 9.81. The number of hydrogen-bond acceptors (Lipinski definition) is 5. The van der Waals surface area contributed by atoms with E-state index < -0.39 is 0 Å². The molecule has 1 aliphatic heterocycles. The van der Waals surface area contributed by atoms with Gasteiger partial charge in [0.2, 0.25) is 0 Å². The van der Waals surface area contributed by atoms with Crippen molar-refractivity contribution in [2.45, 2.75) is 19.8 Å². The number of aromatic nitrogens is 4. The van der Waals surface area contributed by atoms with Gasteiger partial charge in [0.05, 0.1) is 16.2 Å². The summed E-state index contributed by atoms with van der Waals surface area (Å²) in [6.45, 7) is 5.34. The van der Waals surface area contributed by atoms with E-state index in [0.29, 0.717) is 21.1 Å². The molecule has 1 aliphatic rings. The minimum absolute atomic E-state index is 0.345. The van der Waals surface area contributed by atoms with Crippen LogP contribution in [0, 0.1) is 5.41 Å². The molecular formula is C19H22Cl2N6. The first kappa shape index (κ1) is 18.5. The molecule has 0 amide bonds. The highest BCUT2D eigenvalue weighted by Gasteiger charge is 2.30. The van der Waals surface area contributed by atoms with E-state index in [4.69, 9.17) is 28.2 Å². The van der Waals surface area contributed by atoms with E-state index in [9.17, 15) is 0 Å². The highest BCUT2D eigenvalue weighted by molar-refractivity contribution is 6.42. The summed E-state index contributed by atoms with van der Waals surface area (Å²) in [5.41, 5.74) is 3.34. The lowest BCUT2D eigenvalue weighted by molar-refractivity contribution is 0.242. The molecule has 3 aromatic rings. The van der Waals surface area contributed by atoms with Gasteiger partial charge in [0, 0.05) is 25.2 Å². The van der Waals surface area contributed by atoms with Gasteiger partial charge in [-0.2, -0.15) is 5.10 Å². The van der Waals surface area contributed by atoms with E-state index >= 15 is 0 Å². The molecule has 4 rings (SSSR count). The largest absolute Gasteiger partial charge is 0.355 e. The van der Waals surface area contributed by atoms with Crippen LogP contribution in [0.3, 0.4) is 0 Å². The summed E-state index contributed by atoms with van der Waals surface area (Å²) in [6, 6.07) is 5.44. The summed E-state index contributed by atoms with van der Waals surface area (Å²) in [6.07, 6.45) is 4.09. The lowest BCUT2D eigenvalue weighted by Crippen LogP contribution is -2.43. The smallest absolute Gasteiger partial charge is 0.177 e. The van der Waals surface area contributed by atoms with Crippen LogP contribution in [-0.4, -0.2) is 46.8 Å². The van der Waals surface area contributed by atoms with Crippen molar-refractivity contribution in [2.24, 2.45) is 5.41 Å². The lowest BCUT2D eigenvalue weighted by Gasteiger charge is -2.39. The predicted octanol–water partition coefficient (Wildman–Crippen LogP) is 4.15. The Kier molecular flexibility index (Phi) is 4.97. The molecule has 2 N–H and O–H groups in total. The molecule has 0 aliphatic carbocycles. The van der Waals surface area contributed by atoms with Crippen molar-refractivity contribution in [1.29, 1.82) is 0 Å². The molecular weight excluding hydrogens is 383 g/mol. The van der Waals surface area contributed by atoms with Gasteiger partial charge in [-0.3, -0.25) is 5.10 Å². The quantitative estimate of drug-likeness (QED) is 0.683. The molecule has 1 aromatic carbocycles. The fraction of sp³-hybridized carbons (Fsp3) is 0.421. The number of halogens is 2. The molecule has 1 saturated heterocycles. The molecule has 0 spiro atoms. The predicted molar refractivity (Wildman–Crippen MR) is 111 cm³/mol. The zero-order valence-corrected chi connectivity index (χ0v) is 16.9. The molecule has 0 radical (unpaired) electrons. The van der Waals surface area contributed by atoms with Crippen LogP contribution in [0.4, 0.5) is 5.82 Å². The average molecular weight is 405 g/mol. The van der Waals surface area contributed by atoms with E-state index in [0.717, 1.165) is 55.1 Å². The minimum atomic E-state index is 0.345. The second-order valence-electron chi connectivity index (χ2n) is 7.45. The Hall–Kier alpha value is -1.89. The SMILES string of the molecule is CNCC1(C)CCN(c2cnc3c(-c4ccc(Cl)c(Cl)c4)n[nH]c3n2)CC1. The number of aromatic amines is 1. The zero-order chi connectivity index (χ0) is 19.0. The third kappa shape index (κ3) is 3.61. The number of piperidine rings is 1. The van der Waals surface area contributed by atoms with Crippen LogP contribution < -0.4 is 10.2 Å². The maximum Gasteiger partial charge on any atom is 0.177 e. The topological polar surface area (TPSA) is 69.7 Å². The van der Waals surface area contributed by atoms with Gasteiger partial charge in [-0.1, -0.05) is 36.2 Å². The van der Waals surface area contributed by atoms with Gasteiger partial charge in [-0.05, 0) is 37.4 Å². The van der Waals surface area contributed by atoms with Crippen LogP contribution in [0.1, 0.15) is 19.8 Å². The molecule has 0 bridgehead atoms. The van der Waals surface area contributed by atoms with Gasteiger partial charge in [0.15, 0.2) is 5.65 Å². The van der Waals surface area contributed by atoms with Crippen LogP contribution in [0.25, 0.3) is 22.4 Å². The molecule has 2 aromatic heterocycles. The van der Waals surface area contributed by atoms with E-state index in [1.165, 1.54) is 0 Å².